The summed E-state index contributed by atoms with van der Waals surface area (Å²) in [5.41, 5.74) is 0.507. The molecule has 1 saturated carbocycles. The highest BCUT2D eigenvalue weighted by atomic mass is 16.5. The van der Waals surface area contributed by atoms with Gasteiger partial charge in [0, 0.05) is 5.56 Å². The van der Waals surface area contributed by atoms with E-state index >= 15 is 0 Å². The molecule has 1 aliphatic heterocycles. The molecule has 7 nitrogen and oxygen atoms in total. The lowest BCUT2D eigenvalue weighted by Gasteiger charge is -2.43. The summed E-state index contributed by atoms with van der Waals surface area (Å²) in [6.07, 6.45) is 2.06. The first-order valence-electron chi connectivity index (χ1n) is 10.9. The molecular formula is C24H32N2O5. The number of rotatable bonds is 6. The Morgan fingerprint density at radius 1 is 1.16 bits per heavy atom. The van der Waals surface area contributed by atoms with Crippen LogP contribution in [-0.4, -0.2) is 47.3 Å². The number of amides is 3. The van der Waals surface area contributed by atoms with Gasteiger partial charge in [-0.3, -0.25) is 19.3 Å². The Hall–Kier alpha value is -2.70. The van der Waals surface area contributed by atoms with Gasteiger partial charge in [0.15, 0.2) is 12.4 Å². The predicted molar refractivity (Wildman–Crippen MR) is 116 cm³/mol. The van der Waals surface area contributed by atoms with Gasteiger partial charge in [-0.2, -0.15) is 0 Å². The summed E-state index contributed by atoms with van der Waals surface area (Å²) in [5.74, 6) is -0.868. The first-order chi connectivity index (χ1) is 14.4. The zero-order chi connectivity index (χ0) is 23.0. The van der Waals surface area contributed by atoms with Crippen LogP contribution in [-0.2, 0) is 14.3 Å². The van der Waals surface area contributed by atoms with Crippen LogP contribution in [0.1, 0.15) is 75.7 Å². The van der Waals surface area contributed by atoms with Crippen molar-refractivity contribution in [2.45, 2.75) is 65.3 Å². The topological polar surface area (TPSA) is 92.8 Å². The van der Waals surface area contributed by atoms with Crippen LogP contribution in [0.5, 0.6) is 0 Å². The Labute approximate surface area is 183 Å². The molecule has 31 heavy (non-hydrogen) atoms. The lowest BCUT2D eigenvalue weighted by Crippen LogP contribution is -2.54. The van der Waals surface area contributed by atoms with Gasteiger partial charge in [-0.15, -0.1) is 0 Å². The summed E-state index contributed by atoms with van der Waals surface area (Å²) in [6.45, 7) is 9.43. The minimum absolute atomic E-state index is 0.0886. The Kier molecular flexibility index (Phi) is 6.25. The monoisotopic (exact) mass is 428 g/mol. The third-order valence-corrected chi connectivity index (χ3v) is 6.17. The van der Waals surface area contributed by atoms with Crippen LogP contribution in [0.25, 0.3) is 0 Å². The van der Waals surface area contributed by atoms with E-state index in [1.807, 2.05) is 12.1 Å². The van der Waals surface area contributed by atoms with E-state index in [2.05, 4.69) is 39.9 Å². The van der Waals surface area contributed by atoms with E-state index in [1.54, 1.807) is 12.1 Å². The van der Waals surface area contributed by atoms with E-state index in [4.69, 9.17) is 4.74 Å². The first kappa shape index (κ1) is 23.0. The van der Waals surface area contributed by atoms with Crippen LogP contribution < -0.4 is 5.32 Å². The predicted octanol–water partition coefficient (Wildman–Crippen LogP) is 3.67. The lowest BCUT2D eigenvalue weighted by atomic mass is 9.64. The third-order valence-electron chi connectivity index (χ3n) is 6.17. The fourth-order valence-corrected chi connectivity index (χ4v) is 5.11. The van der Waals surface area contributed by atoms with Crippen molar-refractivity contribution in [3.63, 3.8) is 0 Å². The van der Waals surface area contributed by atoms with Crippen molar-refractivity contribution >= 4 is 23.7 Å². The van der Waals surface area contributed by atoms with E-state index < -0.39 is 30.7 Å². The number of ketones is 1. The normalized spacial score (nSPS) is 25.1. The number of Topliss-reactive ketones (excluding diaryl/α,β-unsaturated/α-hetero) is 1. The summed E-state index contributed by atoms with van der Waals surface area (Å²) in [4.78, 5) is 51.1. The highest BCUT2D eigenvalue weighted by Crippen LogP contribution is 2.46. The number of carbonyl (C=O) groups is 4. The molecule has 2 atom stereocenters. The molecule has 1 aromatic rings. The molecule has 1 aromatic carbocycles. The van der Waals surface area contributed by atoms with Gasteiger partial charge in [-0.1, -0.05) is 58.9 Å². The molecule has 3 rings (SSSR count). The van der Waals surface area contributed by atoms with E-state index in [0.717, 1.165) is 16.9 Å². The maximum atomic E-state index is 13.1. The van der Waals surface area contributed by atoms with Gasteiger partial charge in [0.1, 0.15) is 12.1 Å². The molecule has 0 bridgehead atoms. The van der Waals surface area contributed by atoms with Gasteiger partial charge in [0.05, 0.1) is 0 Å². The molecule has 3 amide bonds. The van der Waals surface area contributed by atoms with Crippen LogP contribution in [0.15, 0.2) is 24.3 Å². The van der Waals surface area contributed by atoms with Crippen molar-refractivity contribution in [1.29, 1.82) is 0 Å². The smallest absolute Gasteiger partial charge is 0.326 e. The number of nitrogens with one attached hydrogen (secondary N) is 1. The maximum absolute atomic E-state index is 13.1. The van der Waals surface area contributed by atoms with Gasteiger partial charge >= 0.3 is 12.0 Å². The Balaban J connectivity index is 1.58. The van der Waals surface area contributed by atoms with Gasteiger partial charge in [-0.25, -0.2) is 4.79 Å². The number of benzene rings is 1. The average Bonchev–Trinajstić information content (AvgIpc) is 2.87. The number of ether oxygens (including phenoxy) is 1. The van der Waals surface area contributed by atoms with Crippen molar-refractivity contribution in [3.05, 3.63) is 35.4 Å². The quantitative estimate of drug-likeness (QED) is 0.424. The number of esters is 1. The Morgan fingerprint density at radius 2 is 1.81 bits per heavy atom. The Morgan fingerprint density at radius 3 is 2.39 bits per heavy atom. The largest absolute Gasteiger partial charge is 0.456 e. The fraction of sp³-hybridized carbons (Fsp3) is 0.583. The fourth-order valence-electron chi connectivity index (χ4n) is 5.11. The second-order valence-electron chi connectivity index (χ2n) is 10.1. The molecule has 0 aromatic heterocycles. The second kappa shape index (κ2) is 8.44. The van der Waals surface area contributed by atoms with Crippen molar-refractivity contribution < 1.29 is 23.9 Å². The molecule has 1 spiro atoms. The van der Waals surface area contributed by atoms with Crippen LogP contribution >= 0.6 is 0 Å². The summed E-state index contributed by atoms with van der Waals surface area (Å²) in [7, 11) is 0. The minimum atomic E-state index is -0.966. The number of urea groups is 1. The zero-order valence-corrected chi connectivity index (χ0v) is 19.0. The molecule has 2 unspecified atom stereocenters. The second-order valence-corrected chi connectivity index (χ2v) is 10.1. The summed E-state index contributed by atoms with van der Waals surface area (Å²) >= 11 is 0. The third kappa shape index (κ3) is 4.97. The van der Waals surface area contributed by atoms with Gasteiger partial charge in [0.2, 0.25) is 0 Å². The molecule has 168 valence electrons. The highest BCUT2D eigenvalue weighted by Gasteiger charge is 2.56. The average molecular weight is 429 g/mol. The maximum Gasteiger partial charge on any atom is 0.326 e. The molecule has 1 heterocycles. The number of imide groups is 1. The van der Waals surface area contributed by atoms with Crippen LogP contribution in [0.2, 0.25) is 0 Å². The number of carbonyl (C=O) groups excluding carboxylic acids is 4. The molecule has 2 aliphatic rings. The molecule has 7 heteroatoms. The SMILES string of the molecule is CC1CC(C)(C)CC2(C1)NC(=O)N(CC(=O)OCC(=O)c1ccc(C(C)C)cc1)C2=O. The van der Waals surface area contributed by atoms with E-state index in [9.17, 15) is 19.2 Å². The van der Waals surface area contributed by atoms with E-state index in [0.29, 0.717) is 24.3 Å². The van der Waals surface area contributed by atoms with Crippen LogP contribution in [0, 0.1) is 11.3 Å². The van der Waals surface area contributed by atoms with Gasteiger partial charge in [0.25, 0.3) is 5.91 Å². The van der Waals surface area contributed by atoms with Crippen LogP contribution in [0.3, 0.4) is 0 Å². The zero-order valence-electron chi connectivity index (χ0n) is 19.0. The number of nitrogens with zero attached hydrogens (tertiary/aromatic N) is 1. The summed E-state index contributed by atoms with van der Waals surface area (Å²) in [5, 5.41) is 2.83. The Bertz CT molecular complexity index is 890. The van der Waals surface area contributed by atoms with Gasteiger partial charge in [-0.05, 0) is 42.1 Å². The molecule has 2 fully saturated rings. The first-order valence-corrected chi connectivity index (χ1v) is 10.9. The van der Waals surface area contributed by atoms with E-state index in [-0.39, 0.29) is 23.0 Å². The summed E-state index contributed by atoms with van der Waals surface area (Å²) < 4.78 is 5.07. The van der Waals surface area contributed by atoms with Crippen molar-refractivity contribution in [2.75, 3.05) is 13.2 Å². The van der Waals surface area contributed by atoms with Crippen molar-refractivity contribution in [2.24, 2.45) is 11.3 Å². The molecular weight excluding hydrogens is 396 g/mol. The molecule has 1 aliphatic carbocycles. The minimum Gasteiger partial charge on any atom is -0.456 e. The highest BCUT2D eigenvalue weighted by molar-refractivity contribution is 6.09. The lowest BCUT2D eigenvalue weighted by molar-refractivity contribution is -0.147. The molecule has 1 N–H and O–H groups in total. The standard InChI is InChI=1S/C24H32N2O5/c1-15(2)17-6-8-18(9-7-17)19(27)13-31-20(28)12-26-21(29)24(25-22(26)30)11-16(3)10-23(4,5)14-24/h6-9,15-16H,10-14H2,1-5H3,(H,25,30). The molecule has 0 radical (unpaired) electrons. The molecule has 1 saturated heterocycles. The summed E-state index contributed by atoms with van der Waals surface area (Å²) in [6, 6.07) is 6.58. The number of hydrogen-bond donors (Lipinski definition) is 1. The van der Waals surface area contributed by atoms with Gasteiger partial charge < -0.3 is 10.1 Å². The van der Waals surface area contributed by atoms with Crippen molar-refractivity contribution in [3.8, 4) is 0 Å². The van der Waals surface area contributed by atoms with Crippen molar-refractivity contribution in [1.82, 2.24) is 10.2 Å². The van der Waals surface area contributed by atoms with E-state index in [1.165, 1.54) is 0 Å². The number of hydrogen-bond acceptors (Lipinski definition) is 5. The van der Waals surface area contributed by atoms with Crippen LogP contribution in [0.4, 0.5) is 4.79 Å².